The predicted molar refractivity (Wildman–Crippen MR) is 200 cm³/mol. The van der Waals surface area contributed by atoms with Crippen LogP contribution in [0, 0.1) is 16.7 Å². The number of nitrogens with zero attached hydrogens (tertiary/aromatic N) is 1. The van der Waals surface area contributed by atoms with Gasteiger partial charge in [0.2, 0.25) is 17.7 Å². The number of epoxide rings is 1. The second-order valence-electron chi connectivity index (χ2n) is 15.3. The van der Waals surface area contributed by atoms with Gasteiger partial charge in [0.1, 0.15) is 36.2 Å². The van der Waals surface area contributed by atoms with Gasteiger partial charge in [-0.3, -0.25) is 14.4 Å². The van der Waals surface area contributed by atoms with Crippen LogP contribution in [0.5, 0.6) is 5.75 Å². The molecule has 11 nitrogen and oxygen atoms in total. The van der Waals surface area contributed by atoms with Gasteiger partial charge in [-0.05, 0) is 60.6 Å². The highest BCUT2D eigenvalue weighted by Gasteiger charge is 2.53. The lowest BCUT2D eigenvalue weighted by Gasteiger charge is -2.38. The van der Waals surface area contributed by atoms with Gasteiger partial charge in [0.15, 0.2) is 0 Å². The monoisotopic (exact) mass is 738 g/mol. The van der Waals surface area contributed by atoms with Gasteiger partial charge in [-0.2, -0.15) is 0 Å². The number of hydrogen-bond acceptors (Lipinski definition) is 8. The van der Waals surface area contributed by atoms with Crippen molar-refractivity contribution < 1.29 is 33.4 Å². The maximum atomic E-state index is 14.1. The molecule has 5 rings (SSSR count). The van der Waals surface area contributed by atoms with E-state index in [1.807, 2.05) is 65.8 Å². The zero-order valence-corrected chi connectivity index (χ0v) is 32.6. The number of carbonyl (C=O) groups excluding carboxylic acids is 4. The van der Waals surface area contributed by atoms with Gasteiger partial charge in [0.05, 0.1) is 23.7 Å². The molecule has 0 aromatic heterocycles. The van der Waals surface area contributed by atoms with E-state index in [-0.39, 0.29) is 36.4 Å². The molecule has 0 saturated carbocycles. The standard InChI is InChI=1S/C38H49ClN4O7.C2H6/c1-21(31-32(50-31)24-14-11-22(20-40)12-15-24)28-9-8-10-30(44)43-27(18-23-13-16-29(48-7)25(39)17-23)33(45)42-35(43)38(5,6)36(47)41-26(34(46)49-28)19-37(2,3)4;1-2/h8,10-17,21,26-28,31-32,35H,9,18-20,40H2,1-7H3,(H,41,47)(H,42,45);1-2H3/b10-8+;/t21?,26?,27-,28+,31?,32?,35+;/m1./s1. The first kappa shape index (κ1) is 40.8. The van der Waals surface area contributed by atoms with Gasteiger partial charge in [-0.15, -0.1) is 0 Å². The van der Waals surface area contributed by atoms with Crippen LogP contribution in [0.3, 0.4) is 0 Å². The van der Waals surface area contributed by atoms with Gasteiger partial charge in [-0.25, -0.2) is 4.79 Å². The van der Waals surface area contributed by atoms with Gasteiger partial charge in [-0.1, -0.05) is 89.6 Å². The highest BCUT2D eigenvalue weighted by atomic mass is 35.5. The molecule has 52 heavy (non-hydrogen) atoms. The number of nitrogens with two attached hydrogens (primary N) is 1. The Kier molecular flexibility index (Phi) is 13.2. The highest BCUT2D eigenvalue weighted by Crippen LogP contribution is 2.45. The number of esters is 1. The van der Waals surface area contributed by atoms with E-state index in [0.29, 0.717) is 29.3 Å². The Bertz CT molecular complexity index is 1640. The van der Waals surface area contributed by atoms with Crippen LogP contribution in [-0.2, 0) is 41.6 Å². The number of rotatable bonds is 8. The molecule has 284 valence electrons. The van der Waals surface area contributed by atoms with Crippen molar-refractivity contribution in [1.29, 1.82) is 0 Å². The molecule has 0 bridgehead atoms. The number of carbonyl (C=O) groups is 4. The first-order chi connectivity index (χ1) is 24.5. The lowest BCUT2D eigenvalue weighted by Crippen LogP contribution is -2.59. The van der Waals surface area contributed by atoms with Crippen LogP contribution in [0.25, 0.3) is 0 Å². The summed E-state index contributed by atoms with van der Waals surface area (Å²) in [4.78, 5) is 57.1. The first-order valence-electron chi connectivity index (χ1n) is 18.1. The molecule has 0 spiro atoms. The molecule has 0 radical (unpaired) electrons. The van der Waals surface area contributed by atoms with Crippen LogP contribution in [0.15, 0.2) is 54.6 Å². The number of benzene rings is 2. The van der Waals surface area contributed by atoms with Gasteiger partial charge >= 0.3 is 5.97 Å². The van der Waals surface area contributed by atoms with Crippen LogP contribution in [-0.4, -0.2) is 66.2 Å². The summed E-state index contributed by atoms with van der Waals surface area (Å²) in [5.74, 6) is -1.68. The van der Waals surface area contributed by atoms with Gasteiger partial charge < -0.3 is 35.5 Å². The van der Waals surface area contributed by atoms with Crippen molar-refractivity contribution in [3.8, 4) is 5.75 Å². The molecule has 3 heterocycles. The molecular weight excluding hydrogens is 684 g/mol. The fourth-order valence-corrected chi connectivity index (χ4v) is 7.06. The summed E-state index contributed by atoms with van der Waals surface area (Å²) in [6.45, 7) is 15.6. The average Bonchev–Trinajstić information content (AvgIpc) is 3.83. The second-order valence-corrected chi connectivity index (χ2v) is 15.7. The smallest absolute Gasteiger partial charge is 0.328 e. The minimum absolute atomic E-state index is 0.157. The SMILES string of the molecule is CC.COc1ccc(C[C@@H]2C(=O)N[C@H]3N2C(=O)/C=C/C[C@@H](C(C)C2OC2c2ccc(CN)cc2)OC(=O)C(CC(C)(C)C)NC(=O)C3(C)C)cc1Cl. The zero-order chi connectivity index (χ0) is 38.5. The van der Waals surface area contributed by atoms with E-state index in [0.717, 1.165) is 11.1 Å². The van der Waals surface area contributed by atoms with E-state index >= 15 is 0 Å². The molecule has 2 aromatic carbocycles. The third-order valence-electron chi connectivity index (χ3n) is 9.84. The molecule has 4 unspecified atom stereocenters. The third-order valence-corrected chi connectivity index (χ3v) is 10.1. The number of methoxy groups -OCH3 is 1. The summed E-state index contributed by atoms with van der Waals surface area (Å²) in [6.07, 6.45) is 1.68. The molecular formula is C40H55ClN4O7. The van der Waals surface area contributed by atoms with Crippen LogP contribution in [0.4, 0.5) is 0 Å². The Labute approximate surface area is 312 Å². The largest absolute Gasteiger partial charge is 0.495 e. The number of nitrogens with one attached hydrogen (secondary N) is 2. The molecule has 2 aromatic rings. The highest BCUT2D eigenvalue weighted by molar-refractivity contribution is 6.32. The van der Waals surface area contributed by atoms with Crippen LogP contribution in [0.2, 0.25) is 5.02 Å². The molecule has 12 heteroatoms. The van der Waals surface area contributed by atoms with Crippen molar-refractivity contribution in [2.24, 2.45) is 22.5 Å². The molecule has 7 atom stereocenters. The zero-order valence-electron chi connectivity index (χ0n) is 31.8. The fraction of sp³-hybridized carbons (Fsp3) is 0.550. The minimum atomic E-state index is -1.34. The average molecular weight is 739 g/mol. The lowest BCUT2D eigenvalue weighted by atomic mass is 9.84. The second kappa shape index (κ2) is 16.8. The van der Waals surface area contributed by atoms with Crippen LogP contribution >= 0.6 is 11.6 Å². The Morgan fingerprint density at radius 1 is 1.04 bits per heavy atom. The third kappa shape index (κ3) is 9.35. The van der Waals surface area contributed by atoms with E-state index in [1.54, 1.807) is 38.1 Å². The van der Waals surface area contributed by atoms with Crippen molar-refractivity contribution in [3.63, 3.8) is 0 Å². The van der Waals surface area contributed by atoms with Crippen LogP contribution in [0.1, 0.15) is 91.0 Å². The number of amides is 3. The topological polar surface area (TPSA) is 153 Å². The van der Waals surface area contributed by atoms with Crippen molar-refractivity contribution >= 4 is 35.3 Å². The number of hydrogen-bond donors (Lipinski definition) is 3. The minimum Gasteiger partial charge on any atom is -0.495 e. The van der Waals surface area contributed by atoms with E-state index in [2.05, 4.69) is 10.6 Å². The fourth-order valence-electron chi connectivity index (χ4n) is 6.78. The van der Waals surface area contributed by atoms with Crippen molar-refractivity contribution in [3.05, 3.63) is 76.3 Å². The van der Waals surface area contributed by atoms with E-state index in [4.69, 9.17) is 31.5 Å². The normalized spacial score (nSPS) is 27.2. The quantitative estimate of drug-likeness (QED) is 0.233. The molecule has 4 N–H and O–H groups in total. The summed E-state index contributed by atoms with van der Waals surface area (Å²) in [7, 11) is 1.51. The number of fused-ring (bicyclic) bond motifs is 1. The summed E-state index contributed by atoms with van der Waals surface area (Å²) < 4.78 is 17.6. The van der Waals surface area contributed by atoms with Crippen molar-refractivity contribution in [2.75, 3.05) is 7.11 Å². The van der Waals surface area contributed by atoms with E-state index < -0.39 is 53.5 Å². The summed E-state index contributed by atoms with van der Waals surface area (Å²) in [6, 6.07) is 11.2. The van der Waals surface area contributed by atoms with Crippen molar-refractivity contribution in [1.82, 2.24) is 15.5 Å². The summed E-state index contributed by atoms with van der Waals surface area (Å²) in [5, 5.41) is 6.22. The predicted octanol–water partition coefficient (Wildman–Crippen LogP) is 5.62. The Balaban J connectivity index is 0.00000297. The van der Waals surface area contributed by atoms with Crippen LogP contribution < -0.4 is 21.1 Å². The maximum absolute atomic E-state index is 14.1. The summed E-state index contributed by atoms with van der Waals surface area (Å²) >= 11 is 6.39. The van der Waals surface area contributed by atoms with Gasteiger partial charge in [0.25, 0.3) is 0 Å². The lowest BCUT2D eigenvalue weighted by molar-refractivity contribution is -0.158. The molecule has 3 aliphatic rings. The van der Waals surface area contributed by atoms with Gasteiger partial charge in [0, 0.05) is 25.3 Å². The molecule has 3 amide bonds. The van der Waals surface area contributed by atoms with E-state index in [1.165, 1.54) is 18.1 Å². The Hall–Kier alpha value is -3.93. The number of halogens is 1. The maximum Gasteiger partial charge on any atom is 0.328 e. The van der Waals surface area contributed by atoms with E-state index in [9.17, 15) is 19.2 Å². The van der Waals surface area contributed by atoms with Crippen molar-refractivity contribution in [2.45, 2.75) is 118 Å². The number of ether oxygens (including phenoxy) is 3. The Morgan fingerprint density at radius 3 is 2.29 bits per heavy atom. The Morgan fingerprint density at radius 2 is 1.69 bits per heavy atom. The molecule has 2 fully saturated rings. The molecule has 2 saturated heterocycles. The number of cyclic esters (lactones) is 1. The molecule has 0 aliphatic carbocycles. The first-order valence-corrected chi connectivity index (χ1v) is 18.5. The molecule has 3 aliphatic heterocycles. The summed E-state index contributed by atoms with van der Waals surface area (Å²) in [5.41, 5.74) is 6.82.